The highest BCUT2D eigenvalue weighted by atomic mass is 19.1. The van der Waals surface area contributed by atoms with E-state index in [0.29, 0.717) is 16.5 Å². The average Bonchev–Trinajstić information content (AvgIpc) is 2.49. The van der Waals surface area contributed by atoms with Gasteiger partial charge in [0.25, 0.3) is 0 Å². The van der Waals surface area contributed by atoms with Crippen molar-refractivity contribution in [3.63, 3.8) is 0 Å². The van der Waals surface area contributed by atoms with Crippen molar-refractivity contribution in [2.24, 2.45) is 5.73 Å². The quantitative estimate of drug-likeness (QED) is 0.697. The van der Waals surface area contributed by atoms with E-state index in [9.17, 15) is 4.39 Å². The minimum absolute atomic E-state index is 0.169. The molecule has 1 heterocycles. The Morgan fingerprint density at radius 3 is 3.08 bits per heavy atom. The van der Waals surface area contributed by atoms with Gasteiger partial charge in [-0.1, -0.05) is 5.16 Å². The Bertz CT molecular complexity index is 410. The van der Waals surface area contributed by atoms with Gasteiger partial charge in [0.1, 0.15) is 5.82 Å². The Balaban J connectivity index is 2.73. The summed E-state index contributed by atoms with van der Waals surface area (Å²) in [7, 11) is 0. The lowest BCUT2D eigenvalue weighted by molar-refractivity contribution is 0.456. The molecule has 0 atom stereocenters. The standard InChI is InChI=1S/C8H7FN2O/c9-7-1-6-4-11-12-8(6)2-5(7)3-10/h1-2,4H,3,10H2. The summed E-state index contributed by atoms with van der Waals surface area (Å²) in [4.78, 5) is 0. The second-order valence-corrected chi connectivity index (χ2v) is 2.51. The Morgan fingerprint density at radius 1 is 1.50 bits per heavy atom. The molecule has 1 aromatic heterocycles. The molecule has 4 heteroatoms. The lowest BCUT2D eigenvalue weighted by Crippen LogP contribution is -1.98. The monoisotopic (exact) mass is 166 g/mol. The molecule has 3 nitrogen and oxygen atoms in total. The third-order valence-corrected chi connectivity index (χ3v) is 1.74. The third kappa shape index (κ3) is 0.967. The van der Waals surface area contributed by atoms with Crippen LogP contribution in [0.1, 0.15) is 5.56 Å². The van der Waals surface area contributed by atoms with E-state index in [-0.39, 0.29) is 12.4 Å². The van der Waals surface area contributed by atoms with Crippen molar-refractivity contribution in [3.8, 4) is 0 Å². The first-order valence-corrected chi connectivity index (χ1v) is 3.54. The second kappa shape index (κ2) is 2.57. The first kappa shape index (κ1) is 7.24. The highest BCUT2D eigenvalue weighted by molar-refractivity contribution is 5.76. The van der Waals surface area contributed by atoms with E-state index in [0.717, 1.165) is 0 Å². The molecule has 0 bridgehead atoms. The molecule has 0 unspecified atom stereocenters. The maximum Gasteiger partial charge on any atom is 0.167 e. The van der Waals surface area contributed by atoms with Crippen LogP contribution in [0.2, 0.25) is 0 Å². The fourth-order valence-electron chi connectivity index (χ4n) is 1.09. The maximum absolute atomic E-state index is 13.0. The Labute approximate surface area is 67.9 Å². The van der Waals surface area contributed by atoms with Crippen molar-refractivity contribution in [1.29, 1.82) is 0 Å². The molecule has 0 spiro atoms. The number of rotatable bonds is 1. The lowest BCUT2D eigenvalue weighted by atomic mass is 10.1. The van der Waals surface area contributed by atoms with Crippen molar-refractivity contribution in [1.82, 2.24) is 5.16 Å². The SMILES string of the molecule is NCc1cc2oncc2cc1F. The normalized spacial score (nSPS) is 10.8. The van der Waals surface area contributed by atoms with Gasteiger partial charge in [-0.05, 0) is 12.1 Å². The number of fused-ring (bicyclic) bond motifs is 1. The molecule has 0 radical (unpaired) electrons. The molecule has 0 saturated heterocycles. The molecule has 2 rings (SSSR count). The molecule has 0 saturated carbocycles. The molecule has 0 aliphatic rings. The molecule has 1 aromatic carbocycles. The zero-order valence-corrected chi connectivity index (χ0v) is 6.25. The number of benzene rings is 1. The maximum atomic E-state index is 13.0. The van der Waals surface area contributed by atoms with Gasteiger partial charge in [0.05, 0.1) is 6.20 Å². The van der Waals surface area contributed by atoms with Gasteiger partial charge < -0.3 is 10.3 Å². The molecule has 0 fully saturated rings. The van der Waals surface area contributed by atoms with Crippen LogP contribution in [0.4, 0.5) is 4.39 Å². The van der Waals surface area contributed by atoms with Crippen molar-refractivity contribution in [2.45, 2.75) is 6.54 Å². The van der Waals surface area contributed by atoms with Gasteiger partial charge in [-0.3, -0.25) is 0 Å². The molecule has 0 aliphatic heterocycles. The zero-order chi connectivity index (χ0) is 8.55. The van der Waals surface area contributed by atoms with Gasteiger partial charge in [-0.25, -0.2) is 4.39 Å². The number of aromatic nitrogens is 1. The van der Waals surface area contributed by atoms with Gasteiger partial charge in [-0.15, -0.1) is 0 Å². The van der Waals surface area contributed by atoms with Crippen LogP contribution in [-0.2, 0) is 6.54 Å². The van der Waals surface area contributed by atoms with Crippen molar-refractivity contribution >= 4 is 11.0 Å². The van der Waals surface area contributed by atoms with Crippen LogP contribution in [0, 0.1) is 5.82 Å². The number of nitrogens with zero attached hydrogens (tertiary/aromatic N) is 1. The third-order valence-electron chi connectivity index (χ3n) is 1.74. The second-order valence-electron chi connectivity index (χ2n) is 2.51. The molecule has 0 amide bonds. The largest absolute Gasteiger partial charge is 0.356 e. The van der Waals surface area contributed by atoms with Gasteiger partial charge in [0.15, 0.2) is 5.58 Å². The predicted octanol–water partition coefficient (Wildman–Crippen LogP) is 1.43. The van der Waals surface area contributed by atoms with E-state index in [1.165, 1.54) is 12.3 Å². The van der Waals surface area contributed by atoms with Crippen LogP contribution in [0.15, 0.2) is 22.9 Å². The predicted molar refractivity (Wildman–Crippen MR) is 41.9 cm³/mol. The van der Waals surface area contributed by atoms with Crippen molar-refractivity contribution < 1.29 is 8.91 Å². The van der Waals surface area contributed by atoms with E-state index >= 15 is 0 Å². The summed E-state index contributed by atoms with van der Waals surface area (Å²) in [5.74, 6) is -0.312. The Morgan fingerprint density at radius 2 is 2.33 bits per heavy atom. The van der Waals surface area contributed by atoms with Gasteiger partial charge >= 0.3 is 0 Å². The van der Waals surface area contributed by atoms with Crippen LogP contribution >= 0.6 is 0 Å². The minimum atomic E-state index is -0.312. The highest BCUT2D eigenvalue weighted by Gasteiger charge is 2.05. The van der Waals surface area contributed by atoms with E-state index in [2.05, 4.69) is 5.16 Å². The van der Waals surface area contributed by atoms with E-state index < -0.39 is 0 Å². The van der Waals surface area contributed by atoms with Gasteiger partial charge in [-0.2, -0.15) is 0 Å². The molecule has 12 heavy (non-hydrogen) atoms. The smallest absolute Gasteiger partial charge is 0.167 e. The Kier molecular flexibility index (Phi) is 1.55. The first-order valence-electron chi connectivity index (χ1n) is 3.54. The fraction of sp³-hybridized carbons (Fsp3) is 0.125. The first-order chi connectivity index (χ1) is 5.81. The van der Waals surface area contributed by atoms with Crippen LogP contribution in [-0.4, -0.2) is 5.16 Å². The molecular weight excluding hydrogens is 159 g/mol. The zero-order valence-electron chi connectivity index (χ0n) is 6.25. The number of nitrogens with two attached hydrogens (primary N) is 1. The summed E-state index contributed by atoms with van der Waals surface area (Å²) >= 11 is 0. The average molecular weight is 166 g/mol. The summed E-state index contributed by atoms with van der Waals surface area (Å²) in [5, 5.41) is 4.19. The van der Waals surface area contributed by atoms with Crippen LogP contribution in [0.25, 0.3) is 11.0 Å². The number of halogens is 1. The lowest BCUT2D eigenvalue weighted by Gasteiger charge is -1.96. The van der Waals surface area contributed by atoms with Crippen LogP contribution < -0.4 is 5.73 Å². The fourth-order valence-corrected chi connectivity index (χ4v) is 1.09. The highest BCUT2D eigenvalue weighted by Crippen LogP contribution is 2.18. The van der Waals surface area contributed by atoms with E-state index in [1.54, 1.807) is 6.07 Å². The van der Waals surface area contributed by atoms with Gasteiger partial charge in [0.2, 0.25) is 0 Å². The summed E-state index contributed by atoms with van der Waals surface area (Å²) in [5.41, 5.74) is 6.32. The van der Waals surface area contributed by atoms with E-state index in [4.69, 9.17) is 10.3 Å². The van der Waals surface area contributed by atoms with Crippen LogP contribution in [0.3, 0.4) is 0 Å². The summed E-state index contributed by atoms with van der Waals surface area (Å²) in [6.45, 7) is 0.169. The molecule has 62 valence electrons. The molecular formula is C8H7FN2O. The number of hydrogen-bond acceptors (Lipinski definition) is 3. The summed E-state index contributed by atoms with van der Waals surface area (Å²) in [6.07, 6.45) is 1.47. The van der Waals surface area contributed by atoms with Crippen LogP contribution in [0.5, 0.6) is 0 Å². The van der Waals surface area contributed by atoms with Crippen molar-refractivity contribution in [3.05, 3.63) is 29.7 Å². The van der Waals surface area contributed by atoms with E-state index in [1.807, 2.05) is 0 Å². The summed E-state index contributed by atoms with van der Waals surface area (Å²) < 4.78 is 17.9. The Hall–Kier alpha value is -1.42. The van der Waals surface area contributed by atoms with Crippen molar-refractivity contribution in [2.75, 3.05) is 0 Å². The topological polar surface area (TPSA) is 52.0 Å². The number of hydrogen-bond donors (Lipinski definition) is 1. The molecule has 2 N–H and O–H groups in total. The summed E-state index contributed by atoms with van der Waals surface area (Å²) in [6, 6.07) is 2.94. The molecule has 2 aromatic rings. The van der Waals surface area contributed by atoms with Gasteiger partial charge in [0, 0.05) is 17.5 Å². The molecule has 0 aliphatic carbocycles. The minimum Gasteiger partial charge on any atom is -0.356 e.